The summed E-state index contributed by atoms with van der Waals surface area (Å²) in [6, 6.07) is 15.5. The largest absolute Gasteiger partial charge is 0.612 e. The van der Waals surface area contributed by atoms with Gasteiger partial charge in [0, 0.05) is 29.2 Å². The van der Waals surface area contributed by atoms with E-state index in [-0.39, 0.29) is 5.71 Å². The SMILES string of the molecule is C[C@]12CC(c3ccccc3)=Nc3cc(Cl)ccc3N1C(=C1C=CC(=[N+]([O-])[O-])C=C1)NO2. The van der Waals surface area contributed by atoms with Crippen LogP contribution in [0.4, 0.5) is 11.4 Å². The van der Waals surface area contributed by atoms with Crippen LogP contribution in [0, 0.1) is 10.4 Å². The lowest BCUT2D eigenvalue weighted by molar-refractivity contribution is -0.377. The number of hydrogen-bond donors (Lipinski definition) is 1. The molecule has 0 bridgehead atoms. The van der Waals surface area contributed by atoms with E-state index in [0.29, 0.717) is 17.3 Å². The van der Waals surface area contributed by atoms with E-state index in [4.69, 9.17) is 21.4 Å². The molecular formula is C23H18ClN4O3-. The van der Waals surface area contributed by atoms with Gasteiger partial charge in [0.15, 0.2) is 5.72 Å². The van der Waals surface area contributed by atoms with Crippen LogP contribution in [0.1, 0.15) is 18.9 Å². The third-order valence-corrected chi connectivity index (χ3v) is 5.69. The normalized spacial score (nSPS) is 21.9. The van der Waals surface area contributed by atoms with Crippen molar-refractivity contribution in [2.75, 3.05) is 4.90 Å². The molecule has 0 unspecified atom stereocenters. The maximum absolute atomic E-state index is 11.0. The van der Waals surface area contributed by atoms with Gasteiger partial charge in [0.2, 0.25) is 5.71 Å². The maximum atomic E-state index is 11.0. The molecule has 1 N–H and O–H groups in total. The second kappa shape index (κ2) is 7.30. The third kappa shape index (κ3) is 3.37. The van der Waals surface area contributed by atoms with Crippen LogP contribution in [0.2, 0.25) is 5.02 Å². The summed E-state index contributed by atoms with van der Waals surface area (Å²) < 4.78 is 0. The first-order valence-corrected chi connectivity index (χ1v) is 10.1. The number of aliphatic imine (C=N–C) groups is 1. The molecule has 1 saturated heterocycles. The highest BCUT2D eigenvalue weighted by Crippen LogP contribution is 2.45. The van der Waals surface area contributed by atoms with E-state index in [1.54, 1.807) is 12.2 Å². The molecule has 2 aromatic rings. The van der Waals surface area contributed by atoms with Crippen LogP contribution in [0.5, 0.6) is 0 Å². The van der Waals surface area contributed by atoms with Gasteiger partial charge in [-0.2, -0.15) is 4.90 Å². The summed E-state index contributed by atoms with van der Waals surface area (Å²) in [5, 5.41) is 22.7. The van der Waals surface area contributed by atoms with Gasteiger partial charge in [-0.25, -0.2) is 10.3 Å². The number of allylic oxidation sites excluding steroid dienone is 5. The molecule has 31 heavy (non-hydrogen) atoms. The standard InChI is InChI=1S/C23H18ClN4O3/c1-23-14-20(15-5-3-2-4-6-15)25-19-13-17(24)9-12-21(19)27(23)22(26-31-23)16-7-10-18(11-8-16)28(29)30/h2-13,26H,14H2,1H3/q-1/t23-/m0/s1. The summed E-state index contributed by atoms with van der Waals surface area (Å²) in [6.07, 6.45) is 6.87. The number of hydrogen-bond acceptors (Lipinski definition) is 6. The highest BCUT2D eigenvalue weighted by Gasteiger charge is 2.46. The van der Waals surface area contributed by atoms with Crippen molar-refractivity contribution in [1.82, 2.24) is 5.48 Å². The van der Waals surface area contributed by atoms with Crippen LogP contribution in [0.3, 0.4) is 0 Å². The summed E-state index contributed by atoms with van der Waals surface area (Å²) in [7, 11) is 0. The Kier molecular flexibility index (Phi) is 4.57. The molecule has 2 aliphatic heterocycles. The van der Waals surface area contributed by atoms with E-state index in [1.807, 2.05) is 60.4 Å². The number of halogens is 1. The zero-order valence-corrected chi connectivity index (χ0v) is 17.3. The maximum Gasteiger partial charge on any atom is 0.222 e. The first-order valence-electron chi connectivity index (χ1n) is 9.73. The Morgan fingerprint density at radius 2 is 1.84 bits per heavy atom. The molecule has 8 heteroatoms. The molecule has 0 radical (unpaired) electrons. The van der Waals surface area contributed by atoms with E-state index in [2.05, 4.69) is 5.48 Å². The fourth-order valence-corrected chi connectivity index (χ4v) is 4.14. The summed E-state index contributed by atoms with van der Waals surface area (Å²) in [4.78, 5) is 12.7. The number of benzene rings is 2. The van der Waals surface area contributed by atoms with Crippen molar-refractivity contribution in [1.29, 1.82) is 0 Å². The lowest BCUT2D eigenvalue weighted by Crippen LogP contribution is -2.43. The average Bonchev–Trinajstić information content (AvgIpc) is 3.04. The van der Waals surface area contributed by atoms with Crippen molar-refractivity contribution in [3.8, 4) is 0 Å². The zero-order chi connectivity index (χ0) is 21.6. The number of rotatable bonds is 1. The van der Waals surface area contributed by atoms with E-state index in [9.17, 15) is 10.4 Å². The van der Waals surface area contributed by atoms with Crippen LogP contribution >= 0.6 is 11.6 Å². The topological polar surface area (TPSA) is 86.0 Å². The smallest absolute Gasteiger partial charge is 0.222 e. The molecule has 5 rings (SSSR count). The zero-order valence-electron chi connectivity index (χ0n) is 16.6. The summed E-state index contributed by atoms with van der Waals surface area (Å²) in [5.41, 5.74) is 6.50. The minimum atomic E-state index is -0.773. The van der Waals surface area contributed by atoms with E-state index in [0.717, 1.165) is 28.2 Å². The quantitative estimate of drug-likeness (QED) is 0.520. The Bertz CT molecular complexity index is 1190. The van der Waals surface area contributed by atoms with E-state index in [1.165, 1.54) is 12.2 Å². The van der Waals surface area contributed by atoms with Gasteiger partial charge < -0.3 is 10.4 Å². The van der Waals surface area contributed by atoms with Crippen molar-refractivity contribution in [3.05, 3.63) is 105 Å². The Balaban J connectivity index is 1.66. The van der Waals surface area contributed by atoms with Gasteiger partial charge in [-0.3, -0.25) is 9.89 Å². The number of anilines is 1. The molecule has 0 aromatic heterocycles. The Morgan fingerprint density at radius 1 is 1.10 bits per heavy atom. The summed E-state index contributed by atoms with van der Waals surface area (Å²) in [5.74, 6) is 0.686. The molecular weight excluding hydrogens is 416 g/mol. The van der Waals surface area contributed by atoms with Crippen molar-refractivity contribution in [3.63, 3.8) is 0 Å². The lowest BCUT2D eigenvalue weighted by Gasteiger charge is -2.33. The van der Waals surface area contributed by atoms with Crippen molar-refractivity contribution in [2.45, 2.75) is 19.1 Å². The van der Waals surface area contributed by atoms with Gasteiger partial charge >= 0.3 is 0 Å². The fourth-order valence-electron chi connectivity index (χ4n) is 3.97. The van der Waals surface area contributed by atoms with Gasteiger partial charge in [-0.05, 0) is 42.8 Å². The van der Waals surface area contributed by atoms with Gasteiger partial charge in [-0.15, -0.1) is 0 Å². The molecule has 7 nitrogen and oxygen atoms in total. The second-order valence-electron chi connectivity index (χ2n) is 7.60. The molecule has 0 saturated carbocycles. The van der Waals surface area contributed by atoms with Crippen LogP contribution in [-0.2, 0) is 4.84 Å². The third-order valence-electron chi connectivity index (χ3n) is 5.45. The van der Waals surface area contributed by atoms with Crippen molar-refractivity contribution >= 4 is 34.4 Å². The highest BCUT2D eigenvalue weighted by atomic mass is 35.5. The lowest BCUT2D eigenvalue weighted by atomic mass is 9.99. The van der Waals surface area contributed by atoms with Crippen molar-refractivity contribution < 1.29 is 9.74 Å². The first-order chi connectivity index (χ1) is 14.9. The molecule has 1 atom stereocenters. The minimum Gasteiger partial charge on any atom is -0.612 e. The van der Waals surface area contributed by atoms with Crippen LogP contribution in [0.25, 0.3) is 0 Å². The second-order valence-corrected chi connectivity index (χ2v) is 8.04. The van der Waals surface area contributed by atoms with Gasteiger partial charge in [0.25, 0.3) is 0 Å². The fraction of sp³-hybridized carbons (Fsp3) is 0.130. The number of nitrogens with one attached hydrogen (secondary N) is 1. The molecule has 1 fully saturated rings. The number of fused-ring (bicyclic) bond motifs is 3. The molecule has 3 aliphatic rings. The van der Waals surface area contributed by atoms with Crippen molar-refractivity contribution in [2.24, 2.45) is 4.99 Å². The predicted molar refractivity (Wildman–Crippen MR) is 121 cm³/mol. The van der Waals surface area contributed by atoms with Gasteiger partial charge in [0.1, 0.15) is 5.82 Å². The molecule has 0 amide bonds. The average molecular weight is 434 g/mol. The van der Waals surface area contributed by atoms with Crippen LogP contribution in [-0.4, -0.2) is 22.1 Å². The molecule has 0 spiro atoms. The summed E-state index contributed by atoms with van der Waals surface area (Å²) in [6.45, 7) is 1.99. The van der Waals surface area contributed by atoms with Gasteiger partial charge in [-0.1, -0.05) is 41.9 Å². The summed E-state index contributed by atoms with van der Waals surface area (Å²) >= 11 is 6.30. The molecule has 2 aromatic carbocycles. The van der Waals surface area contributed by atoms with Gasteiger partial charge in [0.05, 0.1) is 17.1 Å². The minimum absolute atomic E-state index is 0.0313. The number of hydroxylamine groups is 1. The monoisotopic (exact) mass is 433 g/mol. The Hall–Kier alpha value is -3.55. The van der Waals surface area contributed by atoms with Crippen LogP contribution in [0.15, 0.2) is 89.2 Å². The Labute approximate surface area is 184 Å². The Morgan fingerprint density at radius 3 is 2.55 bits per heavy atom. The highest BCUT2D eigenvalue weighted by molar-refractivity contribution is 6.31. The van der Waals surface area contributed by atoms with E-state index >= 15 is 0 Å². The molecule has 156 valence electrons. The predicted octanol–water partition coefficient (Wildman–Crippen LogP) is 4.71. The molecule has 2 heterocycles. The van der Waals surface area contributed by atoms with E-state index < -0.39 is 10.6 Å². The first kappa shape index (κ1) is 19.4. The number of nitrogens with zero attached hydrogens (tertiary/aromatic N) is 3. The van der Waals surface area contributed by atoms with Crippen LogP contribution < -0.4 is 10.4 Å². The molecule has 1 aliphatic carbocycles.